The van der Waals surface area contributed by atoms with E-state index in [1.54, 1.807) is 0 Å². The molecule has 72 valence electrons. The molecule has 0 saturated carbocycles. The molecule has 1 fully saturated rings. The molecule has 1 aliphatic rings. The topological polar surface area (TPSA) is 37.4 Å². The molecule has 0 radical (unpaired) electrons. The molecule has 0 N–H and O–H groups in total. The van der Waals surface area contributed by atoms with Gasteiger partial charge in [0.15, 0.2) is 0 Å². The van der Waals surface area contributed by atoms with Crippen LogP contribution in [0.3, 0.4) is 0 Å². The van der Waals surface area contributed by atoms with Gasteiger partial charge in [0.1, 0.15) is 0 Å². The summed E-state index contributed by atoms with van der Waals surface area (Å²) in [5.41, 5.74) is 0. The summed E-state index contributed by atoms with van der Waals surface area (Å²) in [6.45, 7) is 2.78. The summed E-state index contributed by atoms with van der Waals surface area (Å²) in [4.78, 5) is 2.17. The van der Waals surface area contributed by atoms with Gasteiger partial charge in [-0.25, -0.2) is 0 Å². The van der Waals surface area contributed by atoms with Crippen molar-refractivity contribution in [1.29, 1.82) is 0 Å². The Balaban J connectivity index is 2.09. The lowest BCUT2D eigenvalue weighted by molar-refractivity contribution is 0.339. The molecule has 0 aliphatic carbocycles. The minimum Gasteiger partial charge on any atom is -0.303 e. The molecule has 0 amide bonds. The van der Waals surface area contributed by atoms with Crippen LogP contribution in [0.5, 0.6) is 0 Å². The molecule has 0 aromatic carbocycles. The van der Waals surface area contributed by atoms with Gasteiger partial charge in [0.2, 0.25) is 0 Å². The van der Waals surface area contributed by atoms with Crippen molar-refractivity contribution in [2.75, 3.05) is 25.4 Å². The molecule has 5 heteroatoms. The molecule has 1 rings (SSSR count). The summed E-state index contributed by atoms with van der Waals surface area (Å²) in [5.74, 6) is -0.330. The average molecular weight is 195 g/mol. The van der Waals surface area contributed by atoms with E-state index in [9.17, 15) is 12.3 Å². The van der Waals surface area contributed by atoms with Crippen molar-refractivity contribution < 1.29 is 12.3 Å². The zero-order valence-corrected chi connectivity index (χ0v) is 7.82. The fourth-order valence-corrected chi connectivity index (χ4v) is 1.94. The van der Waals surface area contributed by atoms with Crippen molar-refractivity contribution in [3.05, 3.63) is 0 Å². The Bertz CT molecular complexity index is 222. The summed E-state index contributed by atoms with van der Waals surface area (Å²) in [6, 6.07) is 0. The first-order chi connectivity index (χ1) is 5.58. The maximum absolute atomic E-state index is 12.0. The molecule has 3 nitrogen and oxygen atoms in total. The zero-order chi connectivity index (χ0) is 9.03. The van der Waals surface area contributed by atoms with Gasteiger partial charge in [-0.3, -0.25) is 0 Å². The van der Waals surface area contributed by atoms with E-state index in [4.69, 9.17) is 0 Å². The predicted molar refractivity (Wildman–Crippen MR) is 45.2 cm³/mol. The van der Waals surface area contributed by atoms with Crippen LogP contribution in [0.25, 0.3) is 0 Å². The predicted octanol–water partition coefficient (Wildman–Crippen LogP) is 0.772. The quantitative estimate of drug-likeness (QED) is 0.622. The minimum absolute atomic E-state index is 0.330. The van der Waals surface area contributed by atoms with E-state index in [1.807, 2.05) is 0 Å². The van der Waals surface area contributed by atoms with Crippen molar-refractivity contribution in [3.8, 4) is 0 Å². The first kappa shape index (κ1) is 9.92. The second kappa shape index (κ2) is 4.18. The molecule has 0 spiro atoms. The SMILES string of the molecule is O=S(=O)(F)CCCN1CCCC1. The maximum Gasteiger partial charge on any atom is 0.302 e. The van der Waals surface area contributed by atoms with E-state index in [1.165, 1.54) is 12.8 Å². The van der Waals surface area contributed by atoms with E-state index >= 15 is 0 Å². The van der Waals surface area contributed by atoms with Crippen molar-refractivity contribution in [3.63, 3.8) is 0 Å². The molecule has 1 saturated heterocycles. The van der Waals surface area contributed by atoms with Crippen LogP contribution in [-0.4, -0.2) is 38.7 Å². The normalized spacial score (nSPS) is 20.1. The lowest BCUT2D eigenvalue weighted by Gasteiger charge is -2.12. The van der Waals surface area contributed by atoms with Gasteiger partial charge in [0.05, 0.1) is 5.75 Å². The highest BCUT2D eigenvalue weighted by Gasteiger charge is 2.12. The van der Waals surface area contributed by atoms with Gasteiger partial charge in [-0.2, -0.15) is 8.42 Å². The highest BCUT2D eigenvalue weighted by molar-refractivity contribution is 7.86. The fraction of sp³-hybridized carbons (Fsp3) is 1.00. The highest BCUT2D eigenvalue weighted by Crippen LogP contribution is 2.08. The van der Waals surface area contributed by atoms with Gasteiger partial charge in [0.25, 0.3) is 0 Å². The van der Waals surface area contributed by atoms with Crippen LogP contribution in [0.15, 0.2) is 0 Å². The smallest absolute Gasteiger partial charge is 0.302 e. The molecular weight excluding hydrogens is 181 g/mol. The first-order valence-electron chi connectivity index (χ1n) is 4.22. The van der Waals surface area contributed by atoms with Gasteiger partial charge >= 0.3 is 10.2 Å². The van der Waals surface area contributed by atoms with E-state index in [2.05, 4.69) is 4.90 Å². The maximum atomic E-state index is 12.0. The van der Waals surface area contributed by atoms with Gasteiger partial charge in [0, 0.05) is 0 Å². The summed E-state index contributed by atoms with van der Waals surface area (Å²) >= 11 is 0. The molecule has 1 heterocycles. The lowest BCUT2D eigenvalue weighted by Crippen LogP contribution is -2.21. The van der Waals surface area contributed by atoms with Crippen LogP contribution in [-0.2, 0) is 10.2 Å². The summed E-state index contributed by atoms with van der Waals surface area (Å²) in [6.07, 6.45) is 2.78. The largest absolute Gasteiger partial charge is 0.303 e. The van der Waals surface area contributed by atoms with Crippen LogP contribution in [0.1, 0.15) is 19.3 Å². The molecule has 0 aromatic heterocycles. The summed E-state index contributed by atoms with van der Waals surface area (Å²) < 4.78 is 32.3. The number of halogens is 1. The van der Waals surface area contributed by atoms with E-state index in [0.29, 0.717) is 13.0 Å². The standard InChI is InChI=1S/C7H14FNO2S/c8-12(10,11)7-3-6-9-4-1-2-5-9/h1-7H2. The van der Waals surface area contributed by atoms with E-state index in [-0.39, 0.29) is 5.75 Å². The Kier molecular flexibility index (Phi) is 3.46. The minimum atomic E-state index is -4.24. The van der Waals surface area contributed by atoms with E-state index < -0.39 is 10.2 Å². The Morgan fingerprint density at radius 1 is 1.25 bits per heavy atom. The van der Waals surface area contributed by atoms with Gasteiger partial charge < -0.3 is 4.90 Å². The van der Waals surface area contributed by atoms with Crippen molar-refractivity contribution in [2.24, 2.45) is 0 Å². The van der Waals surface area contributed by atoms with Crippen LogP contribution in [0.4, 0.5) is 3.89 Å². The molecule has 0 bridgehead atoms. The van der Waals surface area contributed by atoms with Gasteiger partial charge in [-0.05, 0) is 38.9 Å². The van der Waals surface area contributed by atoms with Crippen LogP contribution in [0.2, 0.25) is 0 Å². The molecule has 0 atom stereocenters. The Morgan fingerprint density at radius 2 is 1.83 bits per heavy atom. The van der Waals surface area contributed by atoms with Gasteiger partial charge in [-0.1, -0.05) is 0 Å². The Morgan fingerprint density at radius 3 is 2.33 bits per heavy atom. The Hall–Kier alpha value is -0.160. The number of nitrogens with zero attached hydrogens (tertiary/aromatic N) is 1. The summed E-state index contributed by atoms with van der Waals surface area (Å²) in [7, 11) is -4.24. The number of hydrogen-bond acceptors (Lipinski definition) is 3. The van der Waals surface area contributed by atoms with Crippen molar-refractivity contribution in [2.45, 2.75) is 19.3 Å². The third kappa shape index (κ3) is 4.01. The molecule has 0 unspecified atom stereocenters. The molecule has 12 heavy (non-hydrogen) atoms. The monoisotopic (exact) mass is 195 g/mol. The van der Waals surface area contributed by atoms with Crippen LogP contribution < -0.4 is 0 Å². The van der Waals surface area contributed by atoms with Crippen molar-refractivity contribution >= 4 is 10.2 Å². The third-order valence-electron chi connectivity index (χ3n) is 2.06. The fourth-order valence-electron chi connectivity index (χ4n) is 1.47. The Labute approximate surface area is 72.8 Å². The third-order valence-corrected chi connectivity index (χ3v) is 2.84. The number of hydrogen-bond donors (Lipinski definition) is 0. The second-order valence-corrected chi connectivity index (χ2v) is 4.63. The lowest BCUT2D eigenvalue weighted by atomic mass is 10.4. The molecule has 1 aliphatic heterocycles. The van der Waals surface area contributed by atoms with Crippen molar-refractivity contribution in [1.82, 2.24) is 4.90 Å². The summed E-state index contributed by atoms with van der Waals surface area (Å²) in [5, 5.41) is 0. The van der Waals surface area contributed by atoms with Crippen LogP contribution in [0, 0.1) is 0 Å². The molecular formula is C7H14FNO2S. The highest BCUT2D eigenvalue weighted by atomic mass is 32.3. The molecule has 0 aromatic rings. The number of likely N-dealkylation sites (tertiary alicyclic amines) is 1. The second-order valence-electron chi connectivity index (χ2n) is 3.15. The van der Waals surface area contributed by atoms with Crippen LogP contribution >= 0.6 is 0 Å². The first-order valence-corrected chi connectivity index (χ1v) is 5.78. The van der Waals surface area contributed by atoms with Gasteiger partial charge in [-0.15, -0.1) is 3.89 Å². The zero-order valence-electron chi connectivity index (χ0n) is 7.00. The van der Waals surface area contributed by atoms with E-state index in [0.717, 1.165) is 13.1 Å². The number of rotatable bonds is 4. The average Bonchev–Trinajstić information content (AvgIpc) is 2.36.